The number of aromatic nitrogens is 2. The number of carboxylic acid groups (broad SMARTS) is 2. The van der Waals surface area contributed by atoms with Crippen LogP contribution < -0.4 is 16.0 Å². The summed E-state index contributed by atoms with van der Waals surface area (Å²) in [7, 11) is 1.80. The number of hydrogen-bond acceptors (Lipinski definition) is 4. The molecule has 0 aliphatic heterocycles. The van der Waals surface area contributed by atoms with Crippen LogP contribution in [0.5, 0.6) is 0 Å². The first kappa shape index (κ1) is 25.3. The quantitative estimate of drug-likeness (QED) is 0.205. The lowest BCUT2D eigenvalue weighted by molar-refractivity contribution is 0.191. The van der Waals surface area contributed by atoms with Crippen molar-refractivity contribution in [3.05, 3.63) is 119 Å². The molecule has 4 rings (SSSR count). The molecule has 0 atom stereocenters. The Hall–Kier alpha value is -4.79. The number of anilines is 1. The molecular weight excluding hydrogens is 470 g/mol. The van der Waals surface area contributed by atoms with Crippen LogP contribution in [-0.4, -0.2) is 45.3 Å². The summed E-state index contributed by atoms with van der Waals surface area (Å²) in [5, 5.41) is 31.4. The Balaban J connectivity index is 1.90. The smallest absolute Gasteiger partial charge is 0.404 e. The molecule has 37 heavy (non-hydrogen) atoms. The number of benzene rings is 3. The van der Waals surface area contributed by atoms with Crippen molar-refractivity contribution in [1.82, 2.24) is 20.4 Å². The number of hydrogen-bond donors (Lipinski definition) is 5. The second-order valence-electron chi connectivity index (χ2n) is 8.61. The molecule has 0 saturated carbocycles. The van der Waals surface area contributed by atoms with Crippen molar-refractivity contribution >= 4 is 18.0 Å². The molecular formula is C28H29N5O4. The molecule has 3 aromatic carbocycles. The third-order valence-corrected chi connectivity index (χ3v) is 6.33. The lowest BCUT2D eigenvalue weighted by Gasteiger charge is -2.38. The maximum Gasteiger partial charge on any atom is 0.404 e. The summed E-state index contributed by atoms with van der Waals surface area (Å²) >= 11 is 0. The molecule has 1 heterocycles. The average molecular weight is 500 g/mol. The van der Waals surface area contributed by atoms with E-state index in [-0.39, 0.29) is 13.1 Å². The van der Waals surface area contributed by atoms with Gasteiger partial charge < -0.3 is 26.2 Å². The summed E-state index contributed by atoms with van der Waals surface area (Å²) in [6.07, 6.45) is -0.733. The third kappa shape index (κ3) is 5.56. The van der Waals surface area contributed by atoms with E-state index >= 15 is 0 Å². The molecule has 4 aromatic rings. The normalized spacial score (nSPS) is 11.2. The van der Waals surface area contributed by atoms with Crippen molar-refractivity contribution in [2.45, 2.75) is 11.5 Å². The van der Waals surface area contributed by atoms with Crippen LogP contribution in [0.2, 0.25) is 0 Å². The molecule has 0 aliphatic rings. The van der Waals surface area contributed by atoms with Crippen LogP contribution >= 0.6 is 0 Å². The number of aryl methyl sites for hydroxylation is 1. The van der Waals surface area contributed by atoms with Gasteiger partial charge in [0.2, 0.25) is 0 Å². The van der Waals surface area contributed by atoms with Gasteiger partial charge in [-0.2, -0.15) is 5.10 Å². The fraction of sp³-hybridized carbons (Fsp3) is 0.179. The zero-order valence-corrected chi connectivity index (χ0v) is 20.3. The Morgan fingerprint density at radius 2 is 1.19 bits per heavy atom. The topological polar surface area (TPSA) is 129 Å². The Morgan fingerprint density at radius 3 is 1.57 bits per heavy atom. The maximum atomic E-state index is 11.3. The second-order valence-corrected chi connectivity index (χ2v) is 8.61. The van der Waals surface area contributed by atoms with Crippen LogP contribution in [0.15, 0.2) is 97.2 Å². The van der Waals surface area contributed by atoms with E-state index in [1.165, 1.54) is 0 Å². The van der Waals surface area contributed by atoms with Gasteiger partial charge in [0.25, 0.3) is 0 Å². The fourth-order valence-corrected chi connectivity index (χ4v) is 4.58. The minimum absolute atomic E-state index is 0.00496. The highest BCUT2D eigenvalue weighted by Crippen LogP contribution is 2.41. The van der Waals surface area contributed by atoms with E-state index in [4.69, 9.17) is 0 Å². The van der Waals surface area contributed by atoms with Crippen molar-refractivity contribution in [3.63, 3.8) is 0 Å². The highest BCUT2D eigenvalue weighted by atomic mass is 16.4. The first-order valence-electron chi connectivity index (χ1n) is 11.8. The van der Waals surface area contributed by atoms with E-state index in [0.717, 1.165) is 16.7 Å². The largest absolute Gasteiger partial charge is 0.465 e. The summed E-state index contributed by atoms with van der Waals surface area (Å²) in [5.74, 6) is 0.129. The molecule has 0 aliphatic carbocycles. The summed E-state index contributed by atoms with van der Waals surface area (Å²) < 4.78 is 1.69. The van der Waals surface area contributed by atoms with Gasteiger partial charge >= 0.3 is 12.2 Å². The van der Waals surface area contributed by atoms with Crippen LogP contribution in [0.1, 0.15) is 28.2 Å². The minimum Gasteiger partial charge on any atom is -0.465 e. The van der Waals surface area contributed by atoms with E-state index in [0.29, 0.717) is 11.4 Å². The third-order valence-electron chi connectivity index (χ3n) is 6.33. The van der Waals surface area contributed by atoms with Crippen molar-refractivity contribution < 1.29 is 19.8 Å². The van der Waals surface area contributed by atoms with E-state index in [9.17, 15) is 19.8 Å². The van der Waals surface area contributed by atoms with Crippen LogP contribution in [0, 0.1) is 0 Å². The van der Waals surface area contributed by atoms with Crippen molar-refractivity contribution in [2.75, 3.05) is 18.4 Å². The zero-order valence-electron chi connectivity index (χ0n) is 20.3. The molecule has 190 valence electrons. The molecule has 0 unspecified atom stereocenters. The SMILES string of the molecule is Cn1ncc(C(CNC(=O)O)CNC(=O)O)c1NC(c1ccccc1)(c1ccccc1)c1ccccc1. The molecule has 0 saturated heterocycles. The molecule has 2 amide bonds. The number of nitrogens with one attached hydrogen (secondary N) is 3. The lowest BCUT2D eigenvalue weighted by atomic mass is 9.76. The maximum absolute atomic E-state index is 11.3. The van der Waals surface area contributed by atoms with Gasteiger partial charge in [0.05, 0.1) is 6.20 Å². The predicted molar refractivity (Wildman–Crippen MR) is 141 cm³/mol. The van der Waals surface area contributed by atoms with Gasteiger partial charge in [-0.25, -0.2) is 9.59 Å². The van der Waals surface area contributed by atoms with Crippen LogP contribution in [-0.2, 0) is 12.6 Å². The van der Waals surface area contributed by atoms with E-state index in [1.54, 1.807) is 17.9 Å². The molecule has 0 fully saturated rings. The number of rotatable bonds is 10. The fourth-order valence-electron chi connectivity index (χ4n) is 4.58. The number of amides is 2. The zero-order chi connectivity index (χ0) is 26.3. The summed E-state index contributed by atoms with van der Waals surface area (Å²) in [6, 6.07) is 30.1. The van der Waals surface area contributed by atoms with Gasteiger partial charge in [0.1, 0.15) is 11.4 Å². The Labute approximate surface area is 214 Å². The molecule has 0 radical (unpaired) electrons. The van der Waals surface area contributed by atoms with E-state index in [2.05, 4.69) is 57.4 Å². The minimum atomic E-state index is -1.19. The highest BCUT2D eigenvalue weighted by Gasteiger charge is 2.38. The number of nitrogens with zero attached hydrogens (tertiary/aromatic N) is 2. The van der Waals surface area contributed by atoms with E-state index in [1.807, 2.05) is 54.6 Å². The van der Waals surface area contributed by atoms with E-state index < -0.39 is 23.6 Å². The van der Waals surface area contributed by atoms with Gasteiger partial charge in [0.15, 0.2) is 0 Å². The molecule has 5 N–H and O–H groups in total. The monoisotopic (exact) mass is 499 g/mol. The van der Waals surface area contributed by atoms with Crippen LogP contribution in [0.4, 0.5) is 15.4 Å². The standard InChI is InChI=1S/C28H29N5O4/c1-33-25(24(19-31-33)20(17-29-26(34)35)18-30-27(36)37)32-28(21-11-5-2-6-12-21,22-13-7-3-8-14-22)23-15-9-4-10-16-23/h2-16,19-20,29-30,32H,17-18H2,1H3,(H,34,35)(H,36,37). The first-order chi connectivity index (χ1) is 17.9. The van der Waals surface area contributed by atoms with Gasteiger partial charge in [-0.05, 0) is 16.7 Å². The van der Waals surface area contributed by atoms with Gasteiger partial charge in [-0.1, -0.05) is 91.0 Å². The van der Waals surface area contributed by atoms with Gasteiger partial charge in [0, 0.05) is 31.6 Å². The molecule has 9 heteroatoms. The van der Waals surface area contributed by atoms with Crippen LogP contribution in [0.25, 0.3) is 0 Å². The lowest BCUT2D eigenvalue weighted by Crippen LogP contribution is -2.40. The highest BCUT2D eigenvalue weighted by molar-refractivity contribution is 5.66. The first-order valence-corrected chi connectivity index (χ1v) is 11.8. The molecule has 1 aromatic heterocycles. The van der Waals surface area contributed by atoms with Crippen molar-refractivity contribution in [1.29, 1.82) is 0 Å². The average Bonchev–Trinajstić information content (AvgIpc) is 3.28. The molecule has 0 bridgehead atoms. The predicted octanol–water partition coefficient (Wildman–Crippen LogP) is 4.44. The molecule has 9 nitrogen and oxygen atoms in total. The van der Waals surface area contributed by atoms with Crippen LogP contribution in [0.3, 0.4) is 0 Å². The summed E-state index contributed by atoms with van der Waals surface area (Å²) in [4.78, 5) is 22.5. The molecule has 0 spiro atoms. The number of carbonyl (C=O) groups is 2. The van der Waals surface area contributed by atoms with Crippen molar-refractivity contribution in [3.8, 4) is 0 Å². The summed E-state index contributed by atoms with van der Waals surface area (Å²) in [6.45, 7) is 0.00992. The Bertz CT molecular complexity index is 1210. The van der Waals surface area contributed by atoms with Crippen molar-refractivity contribution in [2.24, 2.45) is 7.05 Å². The Kier molecular flexibility index (Phi) is 7.73. The second kappa shape index (κ2) is 11.3. The van der Waals surface area contributed by atoms with Gasteiger partial charge in [-0.3, -0.25) is 4.68 Å². The Morgan fingerprint density at radius 1 is 0.784 bits per heavy atom. The summed E-state index contributed by atoms with van der Waals surface area (Å²) in [5.41, 5.74) is 2.81. The van der Waals surface area contributed by atoms with Gasteiger partial charge in [-0.15, -0.1) is 0 Å².